The highest BCUT2D eigenvalue weighted by Crippen LogP contribution is 2.31. The van der Waals surface area contributed by atoms with E-state index in [-0.39, 0.29) is 18.4 Å². The summed E-state index contributed by atoms with van der Waals surface area (Å²) in [6.45, 7) is 2.99. The van der Waals surface area contributed by atoms with E-state index in [2.05, 4.69) is 0 Å². The number of nitrogens with zero attached hydrogens (tertiary/aromatic N) is 1. The van der Waals surface area contributed by atoms with Crippen LogP contribution in [0, 0.1) is 5.92 Å². The maximum atomic E-state index is 11.6. The molecule has 1 saturated heterocycles. The molecular weight excluding hydrogens is 288 g/mol. The van der Waals surface area contributed by atoms with Gasteiger partial charge in [-0.25, -0.2) is 0 Å². The molecule has 98 valence electrons. The van der Waals surface area contributed by atoms with E-state index < -0.39 is 9.70 Å². The van der Waals surface area contributed by atoms with Crippen LogP contribution in [0.5, 0.6) is 0 Å². The highest BCUT2D eigenvalue weighted by atomic mass is 35.6. The van der Waals surface area contributed by atoms with Crippen molar-refractivity contribution in [3.8, 4) is 0 Å². The number of likely N-dealkylation sites (tertiary alicyclic amines) is 1. The third-order valence-electron chi connectivity index (χ3n) is 2.50. The van der Waals surface area contributed by atoms with Gasteiger partial charge in [-0.3, -0.25) is 9.59 Å². The number of rotatable bonds is 3. The summed E-state index contributed by atoms with van der Waals surface area (Å²) >= 11 is 16.5. The molecule has 0 aromatic heterocycles. The molecule has 17 heavy (non-hydrogen) atoms. The van der Waals surface area contributed by atoms with Gasteiger partial charge in [0.1, 0.15) is 0 Å². The molecule has 4 nitrogen and oxygen atoms in total. The van der Waals surface area contributed by atoms with E-state index in [1.807, 2.05) is 6.92 Å². The maximum Gasteiger partial charge on any atom is 0.310 e. The molecule has 7 heteroatoms. The molecule has 0 saturated carbocycles. The zero-order chi connectivity index (χ0) is 13.1. The van der Waals surface area contributed by atoms with Crippen molar-refractivity contribution >= 4 is 46.7 Å². The van der Waals surface area contributed by atoms with Gasteiger partial charge < -0.3 is 9.64 Å². The molecule has 1 aliphatic heterocycles. The van der Waals surface area contributed by atoms with Crippen molar-refractivity contribution in [1.82, 2.24) is 4.90 Å². The second kappa shape index (κ2) is 6.12. The van der Waals surface area contributed by atoms with Gasteiger partial charge in [0.05, 0.1) is 12.5 Å². The van der Waals surface area contributed by atoms with E-state index in [9.17, 15) is 9.59 Å². The minimum Gasteiger partial charge on any atom is -0.465 e. The number of esters is 1. The van der Waals surface area contributed by atoms with Crippen molar-refractivity contribution in [2.24, 2.45) is 5.92 Å². The molecule has 0 aromatic carbocycles. The average molecular weight is 303 g/mol. The summed E-state index contributed by atoms with van der Waals surface area (Å²) in [7, 11) is 0. The molecule has 0 spiro atoms. The monoisotopic (exact) mass is 301 g/mol. The Morgan fingerprint density at radius 3 is 2.59 bits per heavy atom. The predicted molar refractivity (Wildman–Crippen MR) is 66.2 cm³/mol. The van der Waals surface area contributed by atoms with Crippen molar-refractivity contribution in [1.29, 1.82) is 0 Å². The van der Waals surface area contributed by atoms with Gasteiger partial charge in [0.25, 0.3) is 9.70 Å². The van der Waals surface area contributed by atoms with Crippen LogP contribution < -0.4 is 0 Å². The van der Waals surface area contributed by atoms with Gasteiger partial charge in [-0.2, -0.15) is 0 Å². The zero-order valence-electron chi connectivity index (χ0n) is 9.42. The fraction of sp³-hybridized carbons (Fsp3) is 0.800. The lowest BCUT2D eigenvalue weighted by atomic mass is 10.1. The molecular formula is C10H14Cl3NO3. The molecule has 1 amide bonds. The number of hydrogen-bond donors (Lipinski definition) is 0. The van der Waals surface area contributed by atoms with E-state index in [0.29, 0.717) is 19.6 Å². The Bertz CT molecular complexity index is 304. The maximum absolute atomic E-state index is 11.6. The van der Waals surface area contributed by atoms with E-state index in [0.717, 1.165) is 6.42 Å². The highest BCUT2D eigenvalue weighted by Gasteiger charge is 2.40. The Morgan fingerprint density at radius 2 is 2.06 bits per heavy atom. The Balaban J connectivity index is 2.47. The van der Waals surface area contributed by atoms with Crippen molar-refractivity contribution in [3.05, 3.63) is 0 Å². The Labute approximate surface area is 115 Å². The summed E-state index contributed by atoms with van der Waals surface area (Å²) in [6.07, 6.45) is 1.32. The molecule has 1 fully saturated rings. The second-order valence-electron chi connectivity index (χ2n) is 3.90. The number of alkyl halides is 3. The molecule has 0 aliphatic carbocycles. The fourth-order valence-corrected chi connectivity index (χ4v) is 2.00. The van der Waals surface area contributed by atoms with Crippen molar-refractivity contribution < 1.29 is 14.3 Å². The van der Waals surface area contributed by atoms with Crippen LogP contribution in [0.2, 0.25) is 0 Å². The van der Waals surface area contributed by atoms with Crippen LogP contribution in [0.3, 0.4) is 0 Å². The summed E-state index contributed by atoms with van der Waals surface area (Å²) < 4.78 is 3.06. The third kappa shape index (κ3) is 4.19. The summed E-state index contributed by atoms with van der Waals surface area (Å²) in [5.74, 6) is -1.18. The Kier molecular flexibility index (Phi) is 5.35. The van der Waals surface area contributed by atoms with E-state index in [1.54, 1.807) is 0 Å². The van der Waals surface area contributed by atoms with Gasteiger partial charge in [0, 0.05) is 13.1 Å². The van der Waals surface area contributed by atoms with E-state index >= 15 is 0 Å². The number of hydrogen-bond acceptors (Lipinski definition) is 3. The van der Waals surface area contributed by atoms with Gasteiger partial charge in [0.15, 0.2) is 0 Å². The summed E-state index contributed by atoms with van der Waals surface area (Å²) in [5, 5.41) is 0. The zero-order valence-corrected chi connectivity index (χ0v) is 11.7. The lowest BCUT2D eigenvalue weighted by Crippen LogP contribution is -2.38. The summed E-state index contributed by atoms with van der Waals surface area (Å²) in [6, 6.07) is 0. The first-order valence-electron chi connectivity index (χ1n) is 5.39. The van der Waals surface area contributed by atoms with Crippen LogP contribution in [0.15, 0.2) is 0 Å². The van der Waals surface area contributed by atoms with Gasteiger partial charge in [0.2, 0.25) is 0 Å². The lowest BCUT2D eigenvalue weighted by molar-refractivity contribution is -0.148. The van der Waals surface area contributed by atoms with E-state index in [1.165, 1.54) is 4.90 Å². The van der Waals surface area contributed by atoms with Crippen LogP contribution in [0.25, 0.3) is 0 Å². The molecule has 0 radical (unpaired) electrons. The first-order valence-corrected chi connectivity index (χ1v) is 6.52. The van der Waals surface area contributed by atoms with Gasteiger partial charge in [-0.1, -0.05) is 41.7 Å². The molecule has 1 atom stereocenters. The Hall–Kier alpha value is -0.190. The molecule has 1 unspecified atom stereocenters. The minimum atomic E-state index is -1.96. The Morgan fingerprint density at radius 1 is 1.41 bits per heavy atom. The van der Waals surface area contributed by atoms with Crippen LogP contribution >= 0.6 is 34.8 Å². The van der Waals surface area contributed by atoms with Gasteiger partial charge in [-0.15, -0.1) is 0 Å². The third-order valence-corrected chi connectivity index (χ3v) is 2.98. The average Bonchev–Trinajstić information content (AvgIpc) is 2.72. The van der Waals surface area contributed by atoms with Crippen LogP contribution in [0.4, 0.5) is 0 Å². The normalized spacial score (nSPS) is 20.5. The first kappa shape index (κ1) is 14.9. The molecule has 1 rings (SSSR count). The summed E-state index contributed by atoms with van der Waals surface area (Å²) in [5.41, 5.74) is 0. The molecule has 0 bridgehead atoms. The van der Waals surface area contributed by atoms with Gasteiger partial charge in [-0.05, 0) is 12.8 Å². The molecule has 0 aromatic rings. The van der Waals surface area contributed by atoms with E-state index in [4.69, 9.17) is 39.5 Å². The number of carbonyl (C=O) groups excluding carboxylic acids is 2. The fourth-order valence-electron chi connectivity index (χ4n) is 1.64. The quantitative estimate of drug-likeness (QED) is 0.593. The van der Waals surface area contributed by atoms with Crippen molar-refractivity contribution in [2.75, 3.05) is 19.7 Å². The lowest BCUT2D eigenvalue weighted by Gasteiger charge is -2.20. The smallest absolute Gasteiger partial charge is 0.310 e. The SMILES string of the molecule is CCCOC(=O)C1CCN(C(=O)C(Cl)(Cl)Cl)C1. The van der Waals surface area contributed by atoms with Crippen LogP contribution in [-0.4, -0.2) is 40.3 Å². The second-order valence-corrected chi connectivity index (χ2v) is 6.18. The molecule has 0 N–H and O–H groups in total. The molecule has 1 aliphatic rings. The standard InChI is InChI=1S/C10H14Cl3NO3/c1-2-5-17-8(15)7-3-4-14(6-7)9(16)10(11,12)13/h7H,2-6H2,1H3. The highest BCUT2D eigenvalue weighted by molar-refractivity contribution is 6.76. The largest absolute Gasteiger partial charge is 0.465 e. The predicted octanol–water partition coefficient (Wildman–Crippen LogP) is 2.16. The topological polar surface area (TPSA) is 46.6 Å². The molecule has 1 heterocycles. The van der Waals surface area contributed by atoms with Crippen LogP contribution in [-0.2, 0) is 14.3 Å². The first-order chi connectivity index (χ1) is 7.86. The minimum absolute atomic E-state index is 0.259. The van der Waals surface area contributed by atoms with Gasteiger partial charge >= 0.3 is 5.97 Å². The number of halogens is 3. The van der Waals surface area contributed by atoms with Crippen molar-refractivity contribution in [3.63, 3.8) is 0 Å². The number of ether oxygens (including phenoxy) is 1. The van der Waals surface area contributed by atoms with Crippen LogP contribution in [0.1, 0.15) is 19.8 Å². The van der Waals surface area contributed by atoms with Crippen molar-refractivity contribution in [2.45, 2.75) is 23.6 Å². The number of amides is 1. The summed E-state index contributed by atoms with van der Waals surface area (Å²) in [4.78, 5) is 24.6. The number of carbonyl (C=O) groups is 2.